The molecule has 0 aliphatic carbocycles. The van der Waals surface area contributed by atoms with Crippen LogP contribution in [0.5, 0.6) is 0 Å². The first-order chi connectivity index (χ1) is 6.93. The van der Waals surface area contributed by atoms with E-state index in [2.05, 4.69) is 0 Å². The van der Waals surface area contributed by atoms with E-state index in [-0.39, 0.29) is 5.56 Å². The summed E-state index contributed by atoms with van der Waals surface area (Å²) >= 11 is 0. The maximum absolute atomic E-state index is 12.6. The molecule has 0 saturated carbocycles. The third-order valence-corrected chi connectivity index (χ3v) is 1.72. The van der Waals surface area contributed by atoms with E-state index in [0.717, 1.165) is 12.1 Å². The minimum absolute atomic E-state index is 0.0661. The van der Waals surface area contributed by atoms with Crippen molar-refractivity contribution in [3.8, 4) is 0 Å². The zero-order chi connectivity index (χ0) is 11.5. The number of rotatable bonds is 2. The highest BCUT2D eigenvalue weighted by molar-refractivity contribution is 5.54. The second-order valence-electron chi connectivity index (χ2n) is 2.88. The van der Waals surface area contributed by atoms with Crippen molar-refractivity contribution in [3.63, 3.8) is 0 Å². The molecule has 0 heterocycles. The summed E-state index contributed by atoms with van der Waals surface area (Å²) in [5, 5.41) is 8.51. The van der Waals surface area contributed by atoms with Gasteiger partial charge < -0.3 is 5.11 Å². The van der Waals surface area contributed by atoms with Crippen LogP contribution in [0, 0.1) is 5.82 Å². The Kier molecular flexibility index (Phi) is 3.47. The third-order valence-electron chi connectivity index (χ3n) is 1.72. The standard InChI is InChI=1S/C10H8F4O/c11-9-3-1-2-7(5-9)4-8(6-15)10(12,13)14/h1-5,15H,6H2/b8-4+. The molecule has 0 bridgehead atoms. The van der Waals surface area contributed by atoms with Crippen LogP contribution in [0.2, 0.25) is 0 Å². The van der Waals surface area contributed by atoms with E-state index in [9.17, 15) is 17.6 Å². The maximum atomic E-state index is 12.6. The SMILES string of the molecule is OC/C(=C\c1cccc(F)c1)C(F)(F)F. The number of halogens is 4. The van der Waals surface area contributed by atoms with E-state index in [4.69, 9.17) is 5.11 Å². The van der Waals surface area contributed by atoms with Crippen molar-refractivity contribution in [1.29, 1.82) is 0 Å². The largest absolute Gasteiger partial charge is 0.414 e. The topological polar surface area (TPSA) is 20.2 Å². The van der Waals surface area contributed by atoms with Crippen molar-refractivity contribution in [3.05, 3.63) is 41.2 Å². The van der Waals surface area contributed by atoms with Crippen LogP contribution >= 0.6 is 0 Å². The summed E-state index contributed by atoms with van der Waals surface area (Å²) in [7, 11) is 0. The Morgan fingerprint density at radius 2 is 2.00 bits per heavy atom. The first-order valence-electron chi connectivity index (χ1n) is 4.07. The van der Waals surface area contributed by atoms with Crippen molar-refractivity contribution in [2.45, 2.75) is 6.18 Å². The highest BCUT2D eigenvalue weighted by Gasteiger charge is 2.32. The second kappa shape index (κ2) is 4.44. The van der Waals surface area contributed by atoms with Gasteiger partial charge in [0.15, 0.2) is 0 Å². The quantitative estimate of drug-likeness (QED) is 0.760. The van der Waals surface area contributed by atoms with Crippen LogP contribution in [-0.4, -0.2) is 17.9 Å². The van der Waals surface area contributed by atoms with Crippen molar-refractivity contribution in [2.24, 2.45) is 0 Å². The molecule has 0 amide bonds. The molecule has 0 saturated heterocycles. The van der Waals surface area contributed by atoms with Gasteiger partial charge in [-0.2, -0.15) is 13.2 Å². The van der Waals surface area contributed by atoms with E-state index in [1.807, 2.05) is 0 Å². The Balaban J connectivity index is 3.04. The molecule has 0 unspecified atom stereocenters. The second-order valence-corrected chi connectivity index (χ2v) is 2.88. The highest BCUT2D eigenvalue weighted by atomic mass is 19.4. The molecule has 0 radical (unpaired) electrons. The summed E-state index contributed by atoms with van der Waals surface area (Å²) in [6.07, 6.45) is -3.88. The minimum Gasteiger partial charge on any atom is -0.392 e. The number of hydrogen-bond acceptors (Lipinski definition) is 1. The predicted octanol–water partition coefficient (Wildman–Crippen LogP) is 2.76. The van der Waals surface area contributed by atoms with Crippen molar-refractivity contribution in [2.75, 3.05) is 6.61 Å². The van der Waals surface area contributed by atoms with E-state index < -0.39 is 24.2 Å². The van der Waals surface area contributed by atoms with Crippen LogP contribution < -0.4 is 0 Å². The lowest BCUT2D eigenvalue weighted by atomic mass is 10.1. The normalized spacial score (nSPS) is 13.0. The summed E-state index contributed by atoms with van der Waals surface area (Å²) in [4.78, 5) is 0. The fourth-order valence-corrected chi connectivity index (χ4v) is 1.01. The molecule has 0 spiro atoms. The minimum atomic E-state index is -4.60. The van der Waals surface area contributed by atoms with E-state index >= 15 is 0 Å². The molecular weight excluding hydrogens is 212 g/mol. The van der Waals surface area contributed by atoms with Gasteiger partial charge in [-0.25, -0.2) is 4.39 Å². The van der Waals surface area contributed by atoms with E-state index in [1.165, 1.54) is 12.1 Å². The molecule has 0 atom stereocenters. The van der Waals surface area contributed by atoms with Gasteiger partial charge in [0.2, 0.25) is 0 Å². The molecule has 0 aliphatic rings. The molecule has 5 heteroatoms. The first kappa shape index (κ1) is 11.7. The van der Waals surface area contributed by atoms with Crippen LogP contribution in [-0.2, 0) is 0 Å². The number of aliphatic hydroxyl groups excluding tert-OH is 1. The molecular formula is C10H8F4O. The number of aliphatic hydroxyl groups is 1. The summed E-state index contributed by atoms with van der Waals surface area (Å²) in [5.41, 5.74) is -1.04. The van der Waals surface area contributed by atoms with Gasteiger partial charge in [-0.15, -0.1) is 0 Å². The lowest BCUT2D eigenvalue weighted by Gasteiger charge is -2.08. The molecule has 82 valence electrons. The number of alkyl halides is 3. The van der Waals surface area contributed by atoms with Gasteiger partial charge in [0, 0.05) is 0 Å². The zero-order valence-electron chi connectivity index (χ0n) is 7.55. The molecule has 0 aromatic heterocycles. The Hall–Kier alpha value is -1.36. The fourth-order valence-electron chi connectivity index (χ4n) is 1.01. The van der Waals surface area contributed by atoms with Crippen LogP contribution in [0.4, 0.5) is 17.6 Å². The average molecular weight is 220 g/mol. The predicted molar refractivity (Wildman–Crippen MR) is 47.5 cm³/mol. The number of benzene rings is 1. The Bertz CT molecular complexity index is 368. The summed E-state index contributed by atoms with van der Waals surface area (Å²) in [6.45, 7) is -1.12. The summed E-state index contributed by atoms with van der Waals surface area (Å²) in [6, 6.07) is 4.71. The molecule has 1 nitrogen and oxygen atoms in total. The van der Waals surface area contributed by atoms with Crippen LogP contribution in [0.25, 0.3) is 6.08 Å². The van der Waals surface area contributed by atoms with Gasteiger partial charge >= 0.3 is 6.18 Å². The Morgan fingerprint density at radius 3 is 2.47 bits per heavy atom. The van der Waals surface area contributed by atoms with Gasteiger partial charge in [-0.1, -0.05) is 12.1 Å². The molecule has 15 heavy (non-hydrogen) atoms. The van der Waals surface area contributed by atoms with Crippen molar-refractivity contribution >= 4 is 6.08 Å². The molecule has 0 fully saturated rings. The molecule has 1 rings (SSSR count). The van der Waals surface area contributed by atoms with Gasteiger partial charge in [0.1, 0.15) is 5.82 Å². The maximum Gasteiger partial charge on any atom is 0.414 e. The lowest BCUT2D eigenvalue weighted by Crippen LogP contribution is -2.14. The lowest BCUT2D eigenvalue weighted by molar-refractivity contribution is -0.0964. The fraction of sp³-hybridized carbons (Fsp3) is 0.200. The molecule has 1 N–H and O–H groups in total. The zero-order valence-corrected chi connectivity index (χ0v) is 7.55. The monoisotopic (exact) mass is 220 g/mol. The molecule has 0 aliphatic heterocycles. The van der Waals surface area contributed by atoms with Crippen LogP contribution in [0.1, 0.15) is 5.56 Å². The van der Waals surface area contributed by atoms with Crippen LogP contribution in [0.3, 0.4) is 0 Å². The van der Waals surface area contributed by atoms with Crippen molar-refractivity contribution < 1.29 is 22.7 Å². The van der Waals surface area contributed by atoms with E-state index in [1.54, 1.807) is 0 Å². The van der Waals surface area contributed by atoms with Crippen molar-refractivity contribution in [1.82, 2.24) is 0 Å². The summed E-state index contributed by atoms with van der Waals surface area (Å²) < 4.78 is 49.2. The van der Waals surface area contributed by atoms with Gasteiger partial charge in [0.05, 0.1) is 12.2 Å². The summed E-state index contributed by atoms with van der Waals surface area (Å²) in [5.74, 6) is -0.622. The average Bonchev–Trinajstić information content (AvgIpc) is 2.12. The Labute approximate surface area is 83.7 Å². The smallest absolute Gasteiger partial charge is 0.392 e. The molecule has 1 aromatic rings. The first-order valence-corrected chi connectivity index (χ1v) is 4.07. The van der Waals surface area contributed by atoms with Gasteiger partial charge in [-0.3, -0.25) is 0 Å². The highest BCUT2D eigenvalue weighted by Crippen LogP contribution is 2.26. The van der Waals surface area contributed by atoms with Crippen LogP contribution in [0.15, 0.2) is 29.8 Å². The van der Waals surface area contributed by atoms with E-state index in [0.29, 0.717) is 6.08 Å². The Morgan fingerprint density at radius 1 is 1.33 bits per heavy atom. The van der Waals surface area contributed by atoms with Gasteiger partial charge in [0.25, 0.3) is 0 Å². The molecule has 1 aromatic carbocycles. The van der Waals surface area contributed by atoms with Gasteiger partial charge in [-0.05, 0) is 23.8 Å². The third kappa shape index (κ3) is 3.36. The number of hydrogen-bond donors (Lipinski definition) is 1.